The molecular formula is C25H23N3O5S2. The van der Waals surface area contributed by atoms with Crippen molar-refractivity contribution in [2.75, 3.05) is 27.6 Å². The minimum Gasteiger partial charge on any atom is -0.322 e. The highest BCUT2D eigenvalue weighted by molar-refractivity contribution is 7.92. The third-order valence-corrected chi connectivity index (χ3v) is 8.03. The van der Waals surface area contributed by atoms with Gasteiger partial charge in [0.1, 0.15) is 0 Å². The van der Waals surface area contributed by atoms with E-state index in [9.17, 15) is 21.6 Å². The molecule has 0 saturated carbocycles. The number of hydrogen-bond donors (Lipinski definition) is 2. The lowest BCUT2D eigenvalue weighted by atomic mass is 10.1. The smallest absolute Gasteiger partial charge is 0.261 e. The van der Waals surface area contributed by atoms with Gasteiger partial charge in [-0.1, -0.05) is 36.4 Å². The Morgan fingerprint density at radius 2 is 1.40 bits per heavy atom. The Balaban J connectivity index is 1.47. The van der Waals surface area contributed by atoms with Crippen LogP contribution in [0.5, 0.6) is 0 Å². The molecule has 10 heteroatoms. The number of nitrogens with zero attached hydrogens (tertiary/aromatic N) is 1. The monoisotopic (exact) mass is 509 g/mol. The van der Waals surface area contributed by atoms with Gasteiger partial charge in [-0.15, -0.1) is 0 Å². The third-order valence-electron chi connectivity index (χ3n) is 5.45. The maximum atomic E-state index is 12.9. The molecule has 0 radical (unpaired) electrons. The average molecular weight is 510 g/mol. The number of fused-ring (bicyclic) bond motifs is 1. The van der Waals surface area contributed by atoms with Crippen LogP contribution < -0.4 is 14.3 Å². The van der Waals surface area contributed by atoms with E-state index < -0.39 is 26.0 Å². The summed E-state index contributed by atoms with van der Waals surface area (Å²) in [5.74, 6) is -0.414. The fraction of sp³-hybridized carbons (Fsp3) is 0.0800. The van der Waals surface area contributed by atoms with E-state index in [1.807, 2.05) is 30.3 Å². The zero-order valence-corrected chi connectivity index (χ0v) is 20.6. The van der Waals surface area contributed by atoms with Crippen LogP contribution in [-0.4, -0.2) is 36.0 Å². The van der Waals surface area contributed by atoms with Gasteiger partial charge in [0.05, 0.1) is 22.5 Å². The molecule has 0 atom stereocenters. The van der Waals surface area contributed by atoms with Gasteiger partial charge >= 0.3 is 0 Å². The molecule has 0 aliphatic carbocycles. The molecule has 0 spiro atoms. The van der Waals surface area contributed by atoms with Crippen molar-refractivity contribution in [3.63, 3.8) is 0 Å². The van der Waals surface area contributed by atoms with E-state index in [1.165, 1.54) is 55.6 Å². The van der Waals surface area contributed by atoms with Gasteiger partial charge in [0.15, 0.2) is 0 Å². The first-order chi connectivity index (χ1) is 16.5. The quantitative estimate of drug-likeness (QED) is 0.386. The Kier molecular flexibility index (Phi) is 6.51. The van der Waals surface area contributed by atoms with Crippen molar-refractivity contribution in [1.29, 1.82) is 0 Å². The summed E-state index contributed by atoms with van der Waals surface area (Å²) in [6.45, 7) is 0. The molecule has 0 aliphatic rings. The molecule has 1 amide bonds. The number of sulfonamides is 2. The van der Waals surface area contributed by atoms with E-state index in [-0.39, 0.29) is 4.90 Å². The van der Waals surface area contributed by atoms with E-state index >= 15 is 0 Å². The predicted molar refractivity (Wildman–Crippen MR) is 139 cm³/mol. The predicted octanol–water partition coefficient (Wildman–Crippen LogP) is 4.29. The molecule has 0 aliphatic heterocycles. The van der Waals surface area contributed by atoms with E-state index in [0.29, 0.717) is 22.6 Å². The van der Waals surface area contributed by atoms with Crippen LogP contribution in [-0.2, 0) is 20.0 Å². The van der Waals surface area contributed by atoms with Gasteiger partial charge in [-0.05, 0) is 60.0 Å². The van der Waals surface area contributed by atoms with Crippen molar-refractivity contribution < 1.29 is 21.6 Å². The van der Waals surface area contributed by atoms with Crippen LogP contribution in [0.25, 0.3) is 10.8 Å². The maximum absolute atomic E-state index is 12.9. The minimum absolute atomic E-state index is 0.0524. The molecule has 0 aromatic heterocycles. The summed E-state index contributed by atoms with van der Waals surface area (Å²) < 4.78 is 52.9. The van der Waals surface area contributed by atoms with Gasteiger partial charge in [0, 0.05) is 23.7 Å². The van der Waals surface area contributed by atoms with Crippen molar-refractivity contribution in [3.8, 4) is 0 Å². The highest BCUT2D eigenvalue weighted by atomic mass is 32.2. The summed E-state index contributed by atoms with van der Waals surface area (Å²) in [5.41, 5.74) is 1.64. The summed E-state index contributed by atoms with van der Waals surface area (Å²) in [6, 6.07) is 24.8. The Hall–Kier alpha value is -3.89. The largest absolute Gasteiger partial charge is 0.322 e. The van der Waals surface area contributed by atoms with Gasteiger partial charge in [-0.25, -0.2) is 16.8 Å². The van der Waals surface area contributed by atoms with Crippen molar-refractivity contribution in [2.24, 2.45) is 0 Å². The van der Waals surface area contributed by atoms with Crippen LogP contribution >= 0.6 is 0 Å². The molecule has 35 heavy (non-hydrogen) atoms. The van der Waals surface area contributed by atoms with Crippen LogP contribution in [0.3, 0.4) is 0 Å². The number of carbonyl (C=O) groups is 1. The topological polar surface area (TPSA) is 113 Å². The molecule has 0 unspecified atom stereocenters. The number of nitrogens with one attached hydrogen (secondary N) is 2. The second-order valence-corrected chi connectivity index (χ2v) is 11.6. The van der Waals surface area contributed by atoms with Gasteiger partial charge in [-0.3, -0.25) is 13.8 Å². The first kappa shape index (κ1) is 24.2. The number of rotatable bonds is 7. The SMILES string of the molecule is CN(c1ccc(C(=O)Nc2ccc(S(=O)(=O)Nc3cccc4ccccc34)cc2)cc1)S(C)(=O)=O. The number of anilines is 3. The van der Waals surface area contributed by atoms with Crippen LogP contribution in [0.15, 0.2) is 95.9 Å². The molecule has 0 saturated heterocycles. The summed E-state index contributed by atoms with van der Waals surface area (Å²) in [4.78, 5) is 12.6. The third kappa shape index (κ3) is 5.44. The summed E-state index contributed by atoms with van der Waals surface area (Å²) in [6.07, 6.45) is 1.09. The second-order valence-electron chi connectivity index (χ2n) is 7.89. The number of benzene rings is 4. The van der Waals surface area contributed by atoms with Gasteiger partial charge in [-0.2, -0.15) is 0 Å². The molecule has 4 aromatic rings. The van der Waals surface area contributed by atoms with Gasteiger partial charge in [0.2, 0.25) is 10.0 Å². The lowest BCUT2D eigenvalue weighted by Gasteiger charge is -2.16. The summed E-state index contributed by atoms with van der Waals surface area (Å²) >= 11 is 0. The number of carbonyl (C=O) groups excluding carboxylic acids is 1. The van der Waals surface area contributed by atoms with E-state index in [0.717, 1.165) is 21.3 Å². The van der Waals surface area contributed by atoms with Crippen molar-refractivity contribution in [1.82, 2.24) is 0 Å². The fourth-order valence-corrected chi connectivity index (χ4v) is 5.04. The zero-order chi connectivity index (χ0) is 25.2. The standard InChI is InChI=1S/C25H23N3O5S2/c1-28(34(2,30)31)21-14-10-19(11-15-21)25(29)26-20-12-16-22(17-13-20)35(32,33)27-24-9-5-7-18-6-3-4-8-23(18)24/h3-17,27H,1-2H3,(H,26,29). The van der Waals surface area contributed by atoms with E-state index in [2.05, 4.69) is 10.0 Å². The zero-order valence-electron chi connectivity index (χ0n) is 19.0. The van der Waals surface area contributed by atoms with Crippen molar-refractivity contribution in [2.45, 2.75) is 4.90 Å². The lowest BCUT2D eigenvalue weighted by molar-refractivity contribution is 0.102. The van der Waals surface area contributed by atoms with Crippen LogP contribution in [0.2, 0.25) is 0 Å². The Labute approximate surface area is 204 Å². The molecule has 4 aromatic carbocycles. The molecule has 0 heterocycles. The van der Waals surface area contributed by atoms with Crippen LogP contribution in [0.1, 0.15) is 10.4 Å². The average Bonchev–Trinajstić information content (AvgIpc) is 2.83. The Bertz CT molecular complexity index is 1590. The molecule has 4 rings (SSSR count). The normalized spacial score (nSPS) is 11.7. The van der Waals surface area contributed by atoms with Gasteiger partial charge < -0.3 is 5.32 Å². The molecule has 8 nitrogen and oxygen atoms in total. The first-order valence-corrected chi connectivity index (χ1v) is 13.8. The van der Waals surface area contributed by atoms with E-state index in [1.54, 1.807) is 12.1 Å². The van der Waals surface area contributed by atoms with Gasteiger partial charge in [0.25, 0.3) is 15.9 Å². The molecule has 180 valence electrons. The number of hydrogen-bond acceptors (Lipinski definition) is 5. The first-order valence-electron chi connectivity index (χ1n) is 10.5. The Morgan fingerprint density at radius 1 is 0.771 bits per heavy atom. The molecule has 0 fully saturated rings. The second kappa shape index (κ2) is 9.40. The number of amides is 1. The fourth-order valence-electron chi connectivity index (χ4n) is 3.45. The highest BCUT2D eigenvalue weighted by Gasteiger charge is 2.16. The highest BCUT2D eigenvalue weighted by Crippen LogP contribution is 2.26. The van der Waals surface area contributed by atoms with Crippen LogP contribution in [0, 0.1) is 0 Å². The Morgan fingerprint density at radius 3 is 2.06 bits per heavy atom. The maximum Gasteiger partial charge on any atom is 0.261 e. The molecule has 0 bridgehead atoms. The minimum atomic E-state index is -3.84. The molecular weight excluding hydrogens is 486 g/mol. The lowest BCUT2D eigenvalue weighted by Crippen LogP contribution is -2.24. The molecule has 2 N–H and O–H groups in total. The van der Waals surface area contributed by atoms with Crippen molar-refractivity contribution in [3.05, 3.63) is 96.6 Å². The summed E-state index contributed by atoms with van der Waals surface area (Å²) in [5, 5.41) is 4.41. The van der Waals surface area contributed by atoms with Crippen LogP contribution in [0.4, 0.5) is 17.1 Å². The van der Waals surface area contributed by atoms with Crippen molar-refractivity contribution >= 4 is 53.8 Å². The van der Waals surface area contributed by atoms with E-state index in [4.69, 9.17) is 0 Å². The summed E-state index contributed by atoms with van der Waals surface area (Å²) in [7, 11) is -5.82.